The maximum Gasteiger partial charge on any atom is 0.414 e. The summed E-state index contributed by atoms with van der Waals surface area (Å²) in [5, 5.41) is 8.87. The van der Waals surface area contributed by atoms with E-state index in [1.807, 2.05) is 0 Å². The Morgan fingerprint density at radius 1 is 1.33 bits per heavy atom. The Labute approximate surface area is 85.5 Å². The van der Waals surface area contributed by atoms with Crippen molar-refractivity contribution in [2.45, 2.75) is 18.7 Å². The van der Waals surface area contributed by atoms with Gasteiger partial charge in [0.25, 0.3) is 0 Å². The van der Waals surface area contributed by atoms with E-state index in [9.17, 15) is 13.2 Å². The fourth-order valence-corrected chi connectivity index (χ4v) is 1.16. The zero-order valence-electron chi connectivity index (χ0n) is 7.75. The first kappa shape index (κ1) is 11.6. The summed E-state index contributed by atoms with van der Waals surface area (Å²) >= 11 is 0. The van der Waals surface area contributed by atoms with Crippen LogP contribution in [0, 0.1) is 12.3 Å². The standard InChI is InChI=1S/C11H9F3O/c1-2-8-5-3-4-6-9(8)7-10(15)11(12,13)14/h1,3-6,10,15H,7H2. The summed E-state index contributed by atoms with van der Waals surface area (Å²) in [5.41, 5.74) is 0.700. The molecule has 0 spiro atoms. The lowest BCUT2D eigenvalue weighted by molar-refractivity contribution is -0.203. The van der Waals surface area contributed by atoms with Crippen LogP contribution in [0.4, 0.5) is 13.2 Å². The van der Waals surface area contributed by atoms with E-state index < -0.39 is 18.7 Å². The number of aliphatic hydroxyl groups is 1. The van der Waals surface area contributed by atoms with E-state index >= 15 is 0 Å². The van der Waals surface area contributed by atoms with Crippen molar-refractivity contribution in [1.82, 2.24) is 0 Å². The lowest BCUT2D eigenvalue weighted by Crippen LogP contribution is -2.30. The van der Waals surface area contributed by atoms with Gasteiger partial charge in [-0.05, 0) is 11.6 Å². The second kappa shape index (κ2) is 4.37. The molecule has 1 atom stereocenters. The molecule has 4 heteroatoms. The van der Waals surface area contributed by atoms with Gasteiger partial charge in [-0.2, -0.15) is 13.2 Å². The largest absolute Gasteiger partial charge is 0.414 e. The molecule has 1 nitrogen and oxygen atoms in total. The van der Waals surface area contributed by atoms with Crippen LogP contribution < -0.4 is 0 Å². The summed E-state index contributed by atoms with van der Waals surface area (Å²) in [4.78, 5) is 0. The van der Waals surface area contributed by atoms with Crippen LogP contribution in [0.2, 0.25) is 0 Å². The van der Waals surface area contributed by atoms with Crippen LogP contribution in [0.1, 0.15) is 11.1 Å². The third kappa shape index (κ3) is 3.00. The Kier molecular flexibility index (Phi) is 3.38. The fraction of sp³-hybridized carbons (Fsp3) is 0.273. The van der Waals surface area contributed by atoms with Gasteiger partial charge in [-0.1, -0.05) is 24.1 Å². The third-order valence-electron chi connectivity index (χ3n) is 1.96. The molecule has 1 aromatic rings. The van der Waals surface area contributed by atoms with E-state index in [1.165, 1.54) is 6.07 Å². The molecular formula is C11H9F3O. The van der Waals surface area contributed by atoms with Crippen molar-refractivity contribution in [3.63, 3.8) is 0 Å². The molecule has 0 radical (unpaired) electrons. The second-order valence-electron chi connectivity index (χ2n) is 3.06. The first-order valence-electron chi connectivity index (χ1n) is 4.24. The minimum atomic E-state index is -4.61. The molecule has 0 aliphatic heterocycles. The average molecular weight is 214 g/mol. The predicted molar refractivity (Wildman–Crippen MR) is 50.1 cm³/mol. The van der Waals surface area contributed by atoms with E-state index in [0.29, 0.717) is 11.1 Å². The van der Waals surface area contributed by atoms with Crippen LogP contribution in [-0.2, 0) is 6.42 Å². The predicted octanol–water partition coefficient (Wildman–Crippen LogP) is 2.13. The molecule has 0 aromatic heterocycles. The quantitative estimate of drug-likeness (QED) is 0.748. The number of aliphatic hydroxyl groups excluding tert-OH is 1. The molecular weight excluding hydrogens is 205 g/mol. The molecule has 0 aliphatic carbocycles. The first-order valence-corrected chi connectivity index (χ1v) is 4.24. The Morgan fingerprint density at radius 3 is 2.47 bits per heavy atom. The first-order chi connectivity index (χ1) is 6.95. The van der Waals surface area contributed by atoms with Crippen molar-refractivity contribution in [3.8, 4) is 12.3 Å². The van der Waals surface area contributed by atoms with Crippen molar-refractivity contribution in [2.24, 2.45) is 0 Å². The van der Waals surface area contributed by atoms with Crippen LogP contribution in [-0.4, -0.2) is 17.4 Å². The molecule has 1 rings (SSSR count). The molecule has 0 aliphatic rings. The van der Waals surface area contributed by atoms with Crippen LogP contribution in [0.25, 0.3) is 0 Å². The van der Waals surface area contributed by atoms with E-state index in [2.05, 4.69) is 5.92 Å². The molecule has 0 fully saturated rings. The normalized spacial score (nSPS) is 13.3. The smallest absolute Gasteiger partial charge is 0.383 e. The number of hydrogen-bond donors (Lipinski definition) is 1. The highest BCUT2D eigenvalue weighted by Gasteiger charge is 2.38. The van der Waals surface area contributed by atoms with E-state index in [4.69, 9.17) is 11.5 Å². The van der Waals surface area contributed by atoms with Crippen LogP contribution >= 0.6 is 0 Å². The Bertz CT molecular complexity index is 376. The van der Waals surface area contributed by atoms with Crippen LogP contribution in [0.5, 0.6) is 0 Å². The lowest BCUT2D eigenvalue weighted by atomic mass is 10.0. The molecule has 0 bridgehead atoms. The summed E-state index contributed by atoms with van der Waals surface area (Å²) in [6.07, 6.45) is -2.37. The summed E-state index contributed by atoms with van der Waals surface area (Å²) in [6, 6.07) is 6.24. The highest BCUT2D eigenvalue weighted by Crippen LogP contribution is 2.23. The van der Waals surface area contributed by atoms with E-state index in [1.54, 1.807) is 18.2 Å². The maximum absolute atomic E-state index is 12.1. The van der Waals surface area contributed by atoms with Crippen molar-refractivity contribution in [2.75, 3.05) is 0 Å². The third-order valence-corrected chi connectivity index (χ3v) is 1.96. The number of terminal acetylenes is 1. The van der Waals surface area contributed by atoms with E-state index in [-0.39, 0.29) is 0 Å². The number of hydrogen-bond acceptors (Lipinski definition) is 1. The number of benzene rings is 1. The molecule has 15 heavy (non-hydrogen) atoms. The molecule has 0 heterocycles. The van der Waals surface area contributed by atoms with Crippen molar-refractivity contribution >= 4 is 0 Å². The van der Waals surface area contributed by atoms with Crippen molar-refractivity contribution in [1.29, 1.82) is 0 Å². The lowest BCUT2D eigenvalue weighted by Gasteiger charge is -2.15. The van der Waals surface area contributed by atoms with Crippen molar-refractivity contribution < 1.29 is 18.3 Å². The van der Waals surface area contributed by atoms with Gasteiger partial charge in [0, 0.05) is 12.0 Å². The summed E-state index contributed by atoms with van der Waals surface area (Å²) in [6.45, 7) is 0. The topological polar surface area (TPSA) is 20.2 Å². The molecule has 1 unspecified atom stereocenters. The second-order valence-corrected chi connectivity index (χ2v) is 3.06. The van der Waals surface area contributed by atoms with Gasteiger partial charge in [0.1, 0.15) is 0 Å². The molecule has 0 saturated carbocycles. The number of halogens is 3. The molecule has 80 valence electrons. The number of alkyl halides is 3. The summed E-state index contributed by atoms with van der Waals surface area (Å²) in [7, 11) is 0. The highest BCUT2D eigenvalue weighted by molar-refractivity contribution is 5.40. The van der Waals surface area contributed by atoms with Gasteiger partial charge < -0.3 is 5.11 Å². The summed E-state index contributed by atoms with van der Waals surface area (Å²) < 4.78 is 36.2. The van der Waals surface area contributed by atoms with Gasteiger partial charge in [-0.15, -0.1) is 6.42 Å². The zero-order chi connectivity index (χ0) is 11.5. The minimum Gasteiger partial charge on any atom is -0.383 e. The van der Waals surface area contributed by atoms with E-state index in [0.717, 1.165) is 0 Å². The van der Waals surface area contributed by atoms with Gasteiger partial charge in [0.15, 0.2) is 6.10 Å². The van der Waals surface area contributed by atoms with Gasteiger partial charge in [-0.25, -0.2) is 0 Å². The molecule has 0 amide bonds. The fourth-order valence-electron chi connectivity index (χ4n) is 1.16. The zero-order valence-corrected chi connectivity index (χ0v) is 7.75. The summed E-state index contributed by atoms with van der Waals surface area (Å²) in [5.74, 6) is 2.27. The van der Waals surface area contributed by atoms with Crippen LogP contribution in [0.15, 0.2) is 24.3 Å². The van der Waals surface area contributed by atoms with Gasteiger partial charge in [-0.3, -0.25) is 0 Å². The van der Waals surface area contributed by atoms with Gasteiger partial charge in [0.2, 0.25) is 0 Å². The monoisotopic (exact) mass is 214 g/mol. The van der Waals surface area contributed by atoms with Crippen molar-refractivity contribution in [3.05, 3.63) is 35.4 Å². The molecule has 0 saturated heterocycles. The maximum atomic E-state index is 12.1. The SMILES string of the molecule is C#Cc1ccccc1CC(O)C(F)(F)F. The Balaban J connectivity index is 2.86. The highest BCUT2D eigenvalue weighted by atomic mass is 19.4. The Morgan fingerprint density at radius 2 is 1.93 bits per heavy atom. The van der Waals surface area contributed by atoms with Gasteiger partial charge >= 0.3 is 6.18 Å². The number of rotatable bonds is 2. The Hall–Kier alpha value is -1.47. The molecule has 1 aromatic carbocycles. The molecule has 1 N–H and O–H groups in total. The van der Waals surface area contributed by atoms with Crippen LogP contribution in [0.3, 0.4) is 0 Å². The minimum absolute atomic E-state index is 0.324. The average Bonchev–Trinajstić information content (AvgIpc) is 2.17. The van der Waals surface area contributed by atoms with Gasteiger partial charge in [0.05, 0.1) is 0 Å².